The molecule has 2 N–H and O–H groups in total. The predicted octanol–water partition coefficient (Wildman–Crippen LogP) is 5.59. The van der Waals surface area contributed by atoms with Crippen LogP contribution in [0.5, 0.6) is 5.75 Å². The molecule has 2 aromatic carbocycles. The monoisotopic (exact) mass is 411 g/mol. The summed E-state index contributed by atoms with van der Waals surface area (Å²) in [6.07, 6.45) is 0.172. The molecular weight excluding hydrogens is 391 g/mol. The molecule has 0 spiro atoms. The molecule has 1 fully saturated rings. The molecule has 0 radical (unpaired) electrons. The number of aliphatic hydroxyl groups is 1. The van der Waals surface area contributed by atoms with Gasteiger partial charge in [-0.05, 0) is 48.7 Å². The third kappa shape index (κ3) is 6.66. The van der Waals surface area contributed by atoms with Crippen LogP contribution in [0.15, 0.2) is 42.5 Å². The van der Waals surface area contributed by atoms with Crippen molar-refractivity contribution in [2.75, 3.05) is 12.4 Å². The van der Waals surface area contributed by atoms with E-state index in [2.05, 4.69) is 11.2 Å². The molecule has 0 heterocycles. The summed E-state index contributed by atoms with van der Waals surface area (Å²) in [5.41, 5.74) is 0.724. The Labute approximate surface area is 167 Å². The minimum absolute atomic E-state index is 0.123. The maximum Gasteiger partial charge on any atom is 0.418 e. The minimum atomic E-state index is -4.76. The van der Waals surface area contributed by atoms with Crippen LogP contribution in [0.2, 0.25) is 5.02 Å². The Balaban J connectivity index is 0.000000485. The molecule has 1 saturated carbocycles. The Hall–Kier alpha value is -2.36. The van der Waals surface area contributed by atoms with E-state index in [1.54, 1.807) is 31.4 Å². The normalized spacial score (nSPS) is 14.3. The SMILES string of the molecule is C#CC1CC1.COc1ccc(CNc2ccc(Cl)cc2C(O)C(F)(F)F)cc1. The molecule has 1 atom stereocenters. The first kappa shape index (κ1) is 21.9. The minimum Gasteiger partial charge on any atom is -0.497 e. The molecule has 0 aromatic heterocycles. The molecule has 1 aliphatic carbocycles. The quantitative estimate of drug-likeness (QED) is 0.630. The summed E-state index contributed by atoms with van der Waals surface area (Å²) >= 11 is 5.74. The van der Waals surface area contributed by atoms with E-state index in [0.29, 0.717) is 18.2 Å². The van der Waals surface area contributed by atoms with Gasteiger partial charge in [0.25, 0.3) is 0 Å². The van der Waals surface area contributed by atoms with E-state index in [4.69, 9.17) is 22.8 Å². The first-order valence-corrected chi connectivity index (χ1v) is 8.99. The second-order valence-corrected chi connectivity index (χ2v) is 6.75. The average Bonchev–Trinajstić information content (AvgIpc) is 3.51. The summed E-state index contributed by atoms with van der Waals surface area (Å²) in [6, 6.07) is 11.1. The molecule has 1 aliphatic rings. The van der Waals surface area contributed by atoms with Crippen LogP contribution in [-0.4, -0.2) is 18.4 Å². The van der Waals surface area contributed by atoms with Gasteiger partial charge in [-0.15, -0.1) is 12.3 Å². The second kappa shape index (κ2) is 9.72. The lowest BCUT2D eigenvalue weighted by Gasteiger charge is -2.19. The smallest absolute Gasteiger partial charge is 0.418 e. The van der Waals surface area contributed by atoms with Gasteiger partial charge in [0, 0.05) is 28.7 Å². The summed E-state index contributed by atoms with van der Waals surface area (Å²) in [5.74, 6) is 3.99. The number of nitrogens with one attached hydrogen (secondary N) is 1. The zero-order valence-electron chi connectivity index (χ0n) is 15.3. The van der Waals surface area contributed by atoms with Gasteiger partial charge in [-0.25, -0.2) is 0 Å². The largest absolute Gasteiger partial charge is 0.497 e. The number of benzene rings is 2. The Kier molecular flexibility index (Phi) is 7.61. The van der Waals surface area contributed by atoms with Crippen molar-refractivity contribution in [3.8, 4) is 18.1 Å². The summed E-state index contributed by atoms with van der Waals surface area (Å²) in [4.78, 5) is 0. The lowest BCUT2D eigenvalue weighted by molar-refractivity contribution is -0.206. The van der Waals surface area contributed by atoms with E-state index >= 15 is 0 Å². The number of alkyl halides is 3. The fourth-order valence-electron chi connectivity index (χ4n) is 2.29. The maximum absolute atomic E-state index is 12.8. The van der Waals surface area contributed by atoms with E-state index in [0.717, 1.165) is 11.6 Å². The number of anilines is 1. The fourth-order valence-corrected chi connectivity index (χ4v) is 2.47. The van der Waals surface area contributed by atoms with Gasteiger partial charge in [0.1, 0.15) is 5.75 Å². The van der Waals surface area contributed by atoms with Gasteiger partial charge in [-0.2, -0.15) is 13.2 Å². The number of halogens is 4. The van der Waals surface area contributed by atoms with Crippen LogP contribution in [-0.2, 0) is 6.54 Å². The highest BCUT2D eigenvalue weighted by atomic mass is 35.5. The highest BCUT2D eigenvalue weighted by molar-refractivity contribution is 6.30. The van der Waals surface area contributed by atoms with Crippen molar-refractivity contribution < 1.29 is 23.0 Å². The second-order valence-electron chi connectivity index (χ2n) is 6.32. The molecule has 3 rings (SSSR count). The molecule has 28 heavy (non-hydrogen) atoms. The van der Waals surface area contributed by atoms with Gasteiger partial charge in [-0.1, -0.05) is 23.7 Å². The van der Waals surface area contributed by atoms with E-state index < -0.39 is 12.3 Å². The first-order chi connectivity index (χ1) is 13.2. The Morgan fingerprint density at radius 3 is 2.36 bits per heavy atom. The van der Waals surface area contributed by atoms with E-state index in [9.17, 15) is 18.3 Å². The lowest BCUT2D eigenvalue weighted by atomic mass is 10.1. The number of methoxy groups -OCH3 is 1. The summed E-state index contributed by atoms with van der Waals surface area (Å²) in [5, 5.41) is 12.5. The molecule has 0 bridgehead atoms. The zero-order valence-corrected chi connectivity index (χ0v) is 16.0. The van der Waals surface area contributed by atoms with Crippen LogP contribution in [0, 0.1) is 18.3 Å². The molecule has 0 amide bonds. The molecule has 2 aromatic rings. The van der Waals surface area contributed by atoms with E-state index in [1.807, 2.05) is 0 Å². The van der Waals surface area contributed by atoms with Crippen molar-refractivity contribution in [2.24, 2.45) is 5.92 Å². The van der Waals surface area contributed by atoms with Crippen molar-refractivity contribution >= 4 is 17.3 Å². The zero-order chi connectivity index (χ0) is 20.7. The molecule has 0 aliphatic heterocycles. The van der Waals surface area contributed by atoms with Crippen LogP contribution in [0.3, 0.4) is 0 Å². The number of aliphatic hydroxyl groups excluding tert-OH is 1. The van der Waals surface area contributed by atoms with Gasteiger partial charge in [0.05, 0.1) is 7.11 Å². The summed E-state index contributed by atoms with van der Waals surface area (Å²) in [7, 11) is 1.55. The number of hydrogen-bond donors (Lipinski definition) is 2. The average molecular weight is 412 g/mol. The Bertz CT molecular complexity index is 812. The molecule has 0 saturated heterocycles. The van der Waals surface area contributed by atoms with Crippen molar-refractivity contribution in [3.63, 3.8) is 0 Å². The van der Waals surface area contributed by atoms with Crippen molar-refractivity contribution in [2.45, 2.75) is 31.7 Å². The molecule has 1 unspecified atom stereocenters. The van der Waals surface area contributed by atoms with Crippen molar-refractivity contribution in [1.82, 2.24) is 0 Å². The number of hydrogen-bond acceptors (Lipinski definition) is 3. The van der Waals surface area contributed by atoms with Crippen LogP contribution in [0.1, 0.15) is 30.1 Å². The summed E-state index contributed by atoms with van der Waals surface area (Å²) < 4.78 is 43.3. The maximum atomic E-state index is 12.8. The van der Waals surface area contributed by atoms with Crippen molar-refractivity contribution in [1.29, 1.82) is 0 Å². The van der Waals surface area contributed by atoms with Gasteiger partial charge in [0.2, 0.25) is 0 Å². The number of rotatable bonds is 5. The van der Waals surface area contributed by atoms with Gasteiger partial charge >= 0.3 is 6.18 Å². The Morgan fingerprint density at radius 2 is 1.89 bits per heavy atom. The third-order valence-corrected chi connectivity index (χ3v) is 4.31. The molecule has 150 valence electrons. The molecule has 3 nitrogen and oxygen atoms in total. The lowest BCUT2D eigenvalue weighted by Crippen LogP contribution is -2.21. The van der Waals surface area contributed by atoms with Gasteiger partial charge in [-0.3, -0.25) is 0 Å². The standard InChI is InChI=1S/C16H15ClF3NO2.C5H6/c1-23-12-5-2-10(3-6-12)9-21-14-7-4-11(17)8-13(14)15(22)16(18,19)20;1-2-5-3-4-5/h2-8,15,21-22H,9H2,1H3;1,5H,3-4H2. The van der Waals surface area contributed by atoms with Crippen molar-refractivity contribution in [3.05, 3.63) is 58.6 Å². The highest BCUT2D eigenvalue weighted by Gasteiger charge is 2.40. The number of terminal acetylenes is 1. The van der Waals surface area contributed by atoms with Gasteiger partial charge in [0.15, 0.2) is 6.10 Å². The van der Waals surface area contributed by atoms with Gasteiger partial charge < -0.3 is 15.2 Å². The van der Waals surface area contributed by atoms with Crippen LogP contribution < -0.4 is 10.1 Å². The van der Waals surface area contributed by atoms with Crippen LogP contribution in [0.4, 0.5) is 18.9 Å². The molecular formula is C21H21ClF3NO2. The van der Waals surface area contributed by atoms with E-state index in [-0.39, 0.29) is 16.3 Å². The fraction of sp³-hybridized carbons (Fsp3) is 0.333. The van der Waals surface area contributed by atoms with E-state index in [1.165, 1.54) is 25.0 Å². The van der Waals surface area contributed by atoms with Crippen LogP contribution in [0.25, 0.3) is 0 Å². The number of ether oxygens (including phenoxy) is 1. The predicted molar refractivity (Wildman–Crippen MR) is 104 cm³/mol. The first-order valence-electron chi connectivity index (χ1n) is 8.61. The van der Waals surface area contributed by atoms with Crippen LogP contribution >= 0.6 is 11.6 Å². The Morgan fingerprint density at radius 1 is 1.25 bits per heavy atom. The third-order valence-electron chi connectivity index (χ3n) is 4.07. The topological polar surface area (TPSA) is 41.5 Å². The highest BCUT2D eigenvalue weighted by Crippen LogP contribution is 2.37. The summed E-state index contributed by atoms with van der Waals surface area (Å²) in [6.45, 7) is 0.295. The molecule has 7 heteroatoms.